The predicted octanol–water partition coefficient (Wildman–Crippen LogP) is 5.44. The van der Waals surface area contributed by atoms with Crippen LogP contribution in [0.1, 0.15) is 120 Å². The lowest BCUT2D eigenvalue weighted by Crippen LogP contribution is -2.51. The molecule has 1 saturated carbocycles. The highest BCUT2D eigenvalue weighted by Crippen LogP contribution is 2.39. The normalized spacial score (nSPS) is 15.9. The maximum atomic E-state index is 13.8. The summed E-state index contributed by atoms with van der Waals surface area (Å²) in [6, 6.07) is 13.7. The van der Waals surface area contributed by atoms with Crippen molar-refractivity contribution in [1.82, 2.24) is 10.6 Å². The minimum absolute atomic E-state index is 0.0568. The number of hydrogen-bond acceptors (Lipinski definition) is 9. The highest BCUT2D eigenvalue weighted by Gasteiger charge is 2.41. The summed E-state index contributed by atoms with van der Waals surface area (Å²) in [4.78, 5) is 68.1. The number of rotatable bonds is 28. The van der Waals surface area contributed by atoms with E-state index < -0.39 is 54.5 Å². The van der Waals surface area contributed by atoms with Crippen LogP contribution in [0, 0.1) is 17.8 Å². The fourth-order valence-electron chi connectivity index (χ4n) is 7.07. The molecule has 0 aromatic heterocycles. The van der Waals surface area contributed by atoms with E-state index >= 15 is 0 Å². The van der Waals surface area contributed by atoms with Crippen molar-refractivity contribution in [2.45, 2.75) is 141 Å². The van der Waals surface area contributed by atoms with Gasteiger partial charge in [-0.1, -0.05) is 82.0 Å². The summed E-state index contributed by atoms with van der Waals surface area (Å²) < 4.78 is 0. The van der Waals surface area contributed by atoms with Gasteiger partial charge >= 0.3 is 0 Å². The minimum Gasteiger partial charge on any atom is -0.450 e. The van der Waals surface area contributed by atoms with E-state index in [4.69, 9.17) is 11.5 Å². The van der Waals surface area contributed by atoms with Gasteiger partial charge in [0.1, 0.15) is 6.04 Å². The molecule has 56 heavy (non-hydrogen) atoms. The Bertz CT molecular complexity index is 1550. The van der Waals surface area contributed by atoms with Gasteiger partial charge in [0.15, 0.2) is 17.3 Å². The Balaban J connectivity index is 1.70. The quantitative estimate of drug-likeness (QED) is 0.0370. The van der Waals surface area contributed by atoms with Crippen LogP contribution in [-0.2, 0) is 25.6 Å². The Morgan fingerprint density at radius 2 is 1.36 bits per heavy atom. The van der Waals surface area contributed by atoms with Crippen LogP contribution in [-0.4, -0.2) is 77.5 Å². The second-order valence-electron chi connectivity index (χ2n) is 16.1. The third kappa shape index (κ3) is 15.3. The van der Waals surface area contributed by atoms with Crippen molar-refractivity contribution in [2.24, 2.45) is 29.2 Å². The van der Waals surface area contributed by atoms with Crippen LogP contribution in [0.3, 0.4) is 0 Å². The largest absolute Gasteiger partial charge is 0.450 e. The summed E-state index contributed by atoms with van der Waals surface area (Å²) in [5.41, 5.74) is 15.2. The predicted molar refractivity (Wildman–Crippen MR) is 223 cm³/mol. The molecule has 0 bridgehead atoms. The molecule has 8 N–H and O–H groups in total. The van der Waals surface area contributed by atoms with Gasteiger partial charge in [-0.2, -0.15) is 0 Å². The fraction of sp³-hybridized carbons (Fsp3) is 0.614. The molecule has 2 aromatic rings. The third-order valence-corrected chi connectivity index (χ3v) is 11.2. The molecular formula is C44H67BN4O7. The Labute approximate surface area is 334 Å². The number of nitrogens with two attached hydrogens (primary N) is 2. The molecule has 0 spiro atoms. The zero-order valence-corrected chi connectivity index (χ0v) is 34.1. The molecule has 12 heteroatoms. The zero-order chi connectivity index (χ0) is 41.2. The average molecular weight is 775 g/mol. The Morgan fingerprint density at radius 1 is 0.768 bits per heavy atom. The molecule has 1 aliphatic rings. The molecule has 1 fully saturated rings. The Morgan fingerprint density at radius 3 is 1.89 bits per heavy atom. The Kier molecular flexibility index (Phi) is 20.1. The summed E-state index contributed by atoms with van der Waals surface area (Å²) >= 11 is 0. The molecule has 11 nitrogen and oxygen atoms in total. The van der Waals surface area contributed by atoms with Crippen LogP contribution >= 0.6 is 0 Å². The van der Waals surface area contributed by atoms with Crippen LogP contribution in [0.25, 0.3) is 11.1 Å². The monoisotopic (exact) mass is 775 g/mol. The fourth-order valence-corrected chi connectivity index (χ4v) is 7.07. The van der Waals surface area contributed by atoms with E-state index in [0.29, 0.717) is 57.2 Å². The van der Waals surface area contributed by atoms with Crippen molar-refractivity contribution in [3.05, 3.63) is 59.7 Å². The smallest absolute Gasteiger partial charge is 0.289 e. The summed E-state index contributed by atoms with van der Waals surface area (Å²) in [5, 5.41) is 26.3. The molecule has 0 aliphatic heterocycles. The summed E-state index contributed by atoms with van der Waals surface area (Å²) in [7, 11) is 0. The molecule has 0 heterocycles. The van der Waals surface area contributed by atoms with Crippen molar-refractivity contribution in [3.8, 4) is 11.1 Å². The second-order valence-corrected chi connectivity index (χ2v) is 16.1. The molecule has 1 unspecified atom stereocenters. The van der Waals surface area contributed by atoms with Crippen molar-refractivity contribution in [2.75, 3.05) is 13.1 Å². The van der Waals surface area contributed by atoms with Gasteiger partial charge in [-0.05, 0) is 106 Å². The highest BCUT2D eigenvalue weighted by molar-refractivity contribution is 6.50. The molecule has 1 aliphatic carbocycles. The van der Waals surface area contributed by atoms with E-state index in [0.717, 1.165) is 43.2 Å². The first-order valence-electron chi connectivity index (χ1n) is 20.9. The molecule has 0 radical (unpaired) electrons. The number of amides is 2. The van der Waals surface area contributed by atoms with Crippen LogP contribution < -0.4 is 22.1 Å². The van der Waals surface area contributed by atoms with E-state index in [-0.39, 0.29) is 42.6 Å². The maximum Gasteiger partial charge on any atom is 0.289 e. The van der Waals surface area contributed by atoms with Gasteiger partial charge in [-0.15, -0.1) is 0 Å². The van der Waals surface area contributed by atoms with Crippen LogP contribution in [0.15, 0.2) is 48.5 Å². The SMILES string of the molecule is CCCCc1ccc(-c2ccc(C(=O)C[C@@H](CCCCN)C(=O)N[C@H](C(=O)C[C@H](C(=O)N[C@@H](CCCCN)C(=O)C[C@@H](C)B(C)O)C3CC3)C(C)O)cc2)cc1. The van der Waals surface area contributed by atoms with E-state index in [1.54, 1.807) is 25.9 Å². The van der Waals surface area contributed by atoms with Gasteiger partial charge < -0.3 is 32.2 Å². The molecule has 2 amide bonds. The zero-order valence-electron chi connectivity index (χ0n) is 34.1. The van der Waals surface area contributed by atoms with Crippen LogP contribution in [0.5, 0.6) is 0 Å². The highest BCUT2D eigenvalue weighted by atomic mass is 16.3. The number of aryl methyl sites for hydroxylation is 1. The lowest BCUT2D eigenvalue weighted by molar-refractivity contribution is -0.136. The molecule has 0 saturated heterocycles. The number of carbonyl (C=O) groups excluding carboxylic acids is 5. The average Bonchev–Trinajstić information content (AvgIpc) is 4.03. The van der Waals surface area contributed by atoms with Crippen LogP contribution in [0.2, 0.25) is 12.6 Å². The molecular weight excluding hydrogens is 707 g/mol. The van der Waals surface area contributed by atoms with Crippen LogP contribution in [0.4, 0.5) is 0 Å². The van der Waals surface area contributed by atoms with Crippen molar-refractivity contribution >= 4 is 36.1 Å². The lowest BCUT2D eigenvalue weighted by atomic mass is 9.58. The standard InChI is InChI=1S/C44H67BN4O7/c1-5-6-11-31-14-16-32(17-15-31)33-18-22-35(23-19-33)39(51)27-36(12-7-9-24-46)43(54)49-42(30(3)50)41(53)28-37(34-20-21-34)44(55)48-38(13-8-10-25-47)40(52)26-29(2)45(4)56/h14-19,22-23,29-30,34,36-38,42,50,56H,5-13,20-21,24-28,46-47H2,1-4H3,(H,48,55)(H,49,54)/t29-,30?,36-,37+,38+,42+/m1/s1. The van der Waals surface area contributed by atoms with Crippen molar-refractivity contribution < 1.29 is 34.1 Å². The topological polar surface area (TPSA) is 202 Å². The van der Waals surface area contributed by atoms with E-state index in [1.165, 1.54) is 12.5 Å². The van der Waals surface area contributed by atoms with Gasteiger partial charge in [0.2, 0.25) is 11.8 Å². The van der Waals surface area contributed by atoms with E-state index in [1.807, 2.05) is 12.1 Å². The first-order chi connectivity index (χ1) is 26.8. The number of unbranched alkanes of at least 4 members (excludes halogenated alkanes) is 3. The number of ketones is 3. The molecule has 6 atom stereocenters. The first-order valence-corrected chi connectivity index (χ1v) is 20.9. The Hall–Kier alpha value is -3.71. The van der Waals surface area contributed by atoms with Gasteiger partial charge in [0, 0.05) is 36.7 Å². The van der Waals surface area contributed by atoms with Crippen molar-refractivity contribution in [1.29, 1.82) is 0 Å². The van der Waals surface area contributed by atoms with Gasteiger partial charge in [-0.3, -0.25) is 24.0 Å². The number of aliphatic hydroxyl groups excluding tert-OH is 1. The van der Waals surface area contributed by atoms with Gasteiger partial charge in [-0.25, -0.2) is 0 Å². The molecule has 308 valence electrons. The number of hydrogen-bond donors (Lipinski definition) is 6. The second kappa shape index (κ2) is 24.2. The van der Waals surface area contributed by atoms with Gasteiger partial charge in [0.05, 0.1) is 12.1 Å². The number of carbonyl (C=O) groups is 5. The number of Topliss-reactive ketones (excluding diaryl/α,β-unsaturated/α-hetero) is 3. The summed E-state index contributed by atoms with van der Waals surface area (Å²) in [6.07, 6.45) is 6.73. The maximum absolute atomic E-state index is 13.8. The number of aliphatic hydroxyl groups is 1. The first kappa shape index (κ1) is 46.7. The van der Waals surface area contributed by atoms with E-state index in [2.05, 4.69) is 41.8 Å². The number of benzene rings is 2. The minimum atomic E-state index is -1.29. The number of nitrogens with one attached hydrogen (secondary N) is 2. The van der Waals surface area contributed by atoms with Gasteiger partial charge in [0.25, 0.3) is 6.92 Å². The molecule has 3 rings (SSSR count). The summed E-state index contributed by atoms with van der Waals surface area (Å²) in [5.74, 6) is -3.64. The third-order valence-electron chi connectivity index (χ3n) is 11.2. The van der Waals surface area contributed by atoms with E-state index in [9.17, 15) is 34.1 Å². The lowest BCUT2D eigenvalue weighted by Gasteiger charge is -2.26. The summed E-state index contributed by atoms with van der Waals surface area (Å²) in [6.45, 7) is 7.20. The van der Waals surface area contributed by atoms with Crippen molar-refractivity contribution in [3.63, 3.8) is 0 Å². The molecule has 2 aromatic carbocycles.